The van der Waals surface area contributed by atoms with E-state index in [1.54, 1.807) is 19.4 Å². The monoisotopic (exact) mass is 337 g/mol. The lowest BCUT2D eigenvalue weighted by Crippen LogP contribution is -2.42. The fourth-order valence-corrected chi connectivity index (χ4v) is 3.84. The highest BCUT2D eigenvalue weighted by atomic mass is 16.5. The maximum atomic E-state index is 10.1. The van der Waals surface area contributed by atoms with Crippen LogP contribution in [0.2, 0.25) is 0 Å². The molecule has 2 aliphatic heterocycles. The number of hydrogen-bond acceptors (Lipinski definition) is 6. The number of fused-ring (bicyclic) bond motifs is 3. The first-order valence-electron chi connectivity index (χ1n) is 8.22. The van der Waals surface area contributed by atoms with Gasteiger partial charge < -0.3 is 19.5 Å². The Hall–Kier alpha value is -2.78. The number of methoxy groups -OCH3 is 1. The van der Waals surface area contributed by atoms with Gasteiger partial charge in [-0.15, -0.1) is 0 Å². The molecule has 1 N–H and O–H groups in total. The van der Waals surface area contributed by atoms with Crippen LogP contribution < -0.4 is 14.4 Å². The SMILES string of the molecule is COc1ccc2c(c1)OC[C@]1(CO)CN(c3ccc(C#N)cn3)C[C@H]21. The van der Waals surface area contributed by atoms with E-state index >= 15 is 0 Å². The number of nitrogens with zero attached hydrogens (tertiary/aromatic N) is 3. The lowest BCUT2D eigenvalue weighted by Gasteiger charge is -2.37. The number of hydrogen-bond donors (Lipinski definition) is 1. The zero-order valence-electron chi connectivity index (χ0n) is 14.0. The van der Waals surface area contributed by atoms with Crippen LogP contribution in [-0.2, 0) is 0 Å². The number of ether oxygens (including phenoxy) is 2. The summed E-state index contributed by atoms with van der Waals surface area (Å²) in [5.74, 6) is 2.56. The lowest BCUT2D eigenvalue weighted by atomic mass is 9.74. The molecule has 6 nitrogen and oxygen atoms in total. The standard InChI is InChI=1S/C19H19N3O3/c1-24-14-3-4-15-16-9-22(18-5-2-13(7-20)8-21-18)10-19(16,11-23)12-25-17(15)6-14/h2-6,8,16,23H,9-12H2,1H3/t16-,19-/m1/s1. The Morgan fingerprint density at radius 1 is 1.44 bits per heavy atom. The largest absolute Gasteiger partial charge is 0.497 e. The van der Waals surface area contributed by atoms with Crippen molar-refractivity contribution in [3.63, 3.8) is 0 Å². The summed E-state index contributed by atoms with van der Waals surface area (Å²) in [6.45, 7) is 1.93. The second-order valence-corrected chi connectivity index (χ2v) is 6.66. The van der Waals surface area contributed by atoms with Crippen LogP contribution in [0.15, 0.2) is 36.5 Å². The van der Waals surface area contributed by atoms with E-state index in [9.17, 15) is 5.11 Å². The summed E-state index contributed by atoms with van der Waals surface area (Å²) in [4.78, 5) is 6.56. The fraction of sp³-hybridized carbons (Fsp3) is 0.368. The number of aromatic nitrogens is 1. The predicted octanol–water partition coefficient (Wildman–Crippen LogP) is 1.94. The first-order valence-corrected chi connectivity index (χ1v) is 8.22. The highest BCUT2D eigenvalue weighted by molar-refractivity contribution is 5.51. The van der Waals surface area contributed by atoms with Crippen molar-refractivity contribution in [3.05, 3.63) is 47.7 Å². The molecular formula is C19H19N3O3. The molecule has 3 heterocycles. The Bertz CT molecular complexity index is 831. The normalized spacial score (nSPS) is 24.0. The van der Waals surface area contributed by atoms with Crippen LogP contribution in [-0.4, -0.2) is 43.5 Å². The average molecular weight is 337 g/mol. The number of pyridine rings is 1. The first kappa shape index (κ1) is 15.7. The molecule has 0 radical (unpaired) electrons. The molecule has 25 heavy (non-hydrogen) atoms. The topological polar surface area (TPSA) is 78.6 Å². The van der Waals surface area contributed by atoms with Crippen molar-refractivity contribution < 1.29 is 14.6 Å². The first-order chi connectivity index (χ1) is 12.2. The van der Waals surface area contributed by atoms with Gasteiger partial charge in [0.15, 0.2) is 0 Å². The molecule has 1 aromatic carbocycles. The molecule has 0 bridgehead atoms. The van der Waals surface area contributed by atoms with Gasteiger partial charge in [-0.1, -0.05) is 6.07 Å². The second-order valence-electron chi connectivity index (χ2n) is 6.66. The quantitative estimate of drug-likeness (QED) is 0.922. The Balaban J connectivity index is 1.68. The zero-order valence-corrected chi connectivity index (χ0v) is 14.0. The Morgan fingerprint density at radius 3 is 3.00 bits per heavy atom. The van der Waals surface area contributed by atoms with Gasteiger partial charge in [0.2, 0.25) is 0 Å². The molecule has 1 aromatic heterocycles. The van der Waals surface area contributed by atoms with Crippen molar-refractivity contribution in [2.75, 3.05) is 38.3 Å². The minimum absolute atomic E-state index is 0.0515. The third-order valence-electron chi connectivity index (χ3n) is 5.28. The van der Waals surface area contributed by atoms with Gasteiger partial charge in [0, 0.05) is 36.8 Å². The van der Waals surface area contributed by atoms with Crippen LogP contribution in [0.3, 0.4) is 0 Å². The van der Waals surface area contributed by atoms with Crippen LogP contribution in [0.25, 0.3) is 0 Å². The van der Waals surface area contributed by atoms with Gasteiger partial charge in [-0.3, -0.25) is 0 Å². The molecule has 2 atom stereocenters. The van der Waals surface area contributed by atoms with Gasteiger partial charge in [0.05, 0.1) is 31.3 Å². The van der Waals surface area contributed by atoms with E-state index in [1.807, 2.05) is 24.3 Å². The highest BCUT2D eigenvalue weighted by Crippen LogP contribution is 2.50. The van der Waals surface area contributed by atoms with Crippen molar-refractivity contribution in [2.24, 2.45) is 5.41 Å². The minimum atomic E-state index is -0.350. The average Bonchev–Trinajstić information content (AvgIpc) is 3.08. The molecule has 4 rings (SSSR count). The van der Waals surface area contributed by atoms with Gasteiger partial charge in [0.1, 0.15) is 23.4 Å². The Kier molecular flexibility index (Phi) is 3.74. The summed E-state index contributed by atoms with van der Waals surface area (Å²) < 4.78 is 11.2. The summed E-state index contributed by atoms with van der Waals surface area (Å²) in [6.07, 6.45) is 1.58. The van der Waals surface area contributed by atoms with Crippen molar-refractivity contribution in [2.45, 2.75) is 5.92 Å². The smallest absolute Gasteiger partial charge is 0.128 e. The fourth-order valence-electron chi connectivity index (χ4n) is 3.84. The molecule has 1 saturated heterocycles. The molecule has 2 aromatic rings. The van der Waals surface area contributed by atoms with Gasteiger partial charge in [-0.2, -0.15) is 5.26 Å². The maximum absolute atomic E-state index is 10.1. The van der Waals surface area contributed by atoms with E-state index in [-0.39, 0.29) is 17.9 Å². The molecule has 0 saturated carbocycles. The van der Waals surface area contributed by atoms with Gasteiger partial charge in [-0.05, 0) is 18.2 Å². The molecule has 0 unspecified atom stereocenters. The summed E-state index contributed by atoms with van der Waals surface area (Å²) >= 11 is 0. The van der Waals surface area contributed by atoms with Crippen LogP contribution in [0.4, 0.5) is 5.82 Å². The third-order valence-corrected chi connectivity index (χ3v) is 5.28. The number of benzene rings is 1. The minimum Gasteiger partial charge on any atom is -0.497 e. The van der Waals surface area contributed by atoms with Crippen LogP contribution in [0.5, 0.6) is 11.5 Å². The highest BCUT2D eigenvalue weighted by Gasteiger charge is 2.51. The van der Waals surface area contributed by atoms with E-state index in [2.05, 4.69) is 16.0 Å². The summed E-state index contributed by atoms with van der Waals surface area (Å²) in [6, 6.07) is 11.6. The maximum Gasteiger partial charge on any atom is 0.128 e. The van der Waals surface area contributed by atoms with E-state index in [0.717, 1.165) is 29.4 Å². The third kappa shape index (κ3) is 2.48. The van der Waals surface area contributed by atoms with E-state index in [1.165, 1.54) is 0 Å². The zero-order chi connectivity index (χ0) is 17.4. The van der Waals surface area contributed by atoms with E-state index < -0.39 is 0 Å². The molecule has 128 valence electrons. The van der Waals surface area contributed by atoms with Crippen molar-refractivity contribution in [1.82, 2.24) is 4.98 Å². The molecule has 0 aliphatic carbocycles. The van der Waals surface area contributed by atoms with Crippen LogP contribution in [0.1, 0.15) is 17.0 Å². The molecule has 0 spiro atoms. The summed E-state index contributed by atoms with van der Waals surface area (Å²) in [5.41, 5.74) is 1.28. The van der Waals surface area contributed by atoms with Crippen molar-refractivity contribution >= 4 is 5.82 Å². The Morgan fingerprint density at radius 2 is 2.32 bits per heavy atom. The molecule has 2 aliphatic rings. The van der Waals surface area contributed by atoms with Gasteiger partial charge in [0.25, 0.3) is 0 Å². The molecular weight excluding hydrogens is 318 g/mol. The van der Waals surface area contributed by atoms with Gasteiger partial charge >= 0.3 is 0 Å². The molecule has 0 amide bonds. The van der Waals surface area contributed by atoms with Gasteiger partial charge in [-0.25, -0.2) is 4.98 Å². The van der Waals surface area contributed by atoms with Crippen molar-refractivity contribution in [1.29, 1.82) is 5.26 Å². The Labute approximate surface area is 146 Å². The second kappa shape index (κ2) is 5.94. The number of nitriles is 1. The summed E-state index contributed by atoms with van der Waals surface area (Å²) in [7, 11) is 1.64. The van der Waals surface area contributed by atoms with E-state index in [0.29, 0.717) is 18.7 Å². The van der Waals surface area contributed by atoms with Crippen LogP contribution >= 0.6 is 0 Å². The van der Waals surface area contributed by atoms with Crippen LogP contribution in [0, 0.1) is 16.7 Å². The number of anilines is 1. The van der Waals surface area contributed by atoms with Crippen molar-refractivity contribution in [3.8, 4) is 17.6 Å². The summed E-state index contributed by atoms with van der Waals surface area (Å²) in [5, 5.41) is 19.1. The lowest BCUT2D eigenvalue weighted by molar-refractivity contribution is 0.0533. The molecule has 1 fully saturated rings. The molecule has 6 heteroatoms. The number of aliphatic hydroxyl groups is 1. The number of rotatable bonds is 3. The number of aliphatic hydroxyl groups excluding tert-OH is 1. The predicted molar refractivity (Wildman–Crippen MR) is 91.9 cm³/mol. The van der Waals surface area contributed by atoms with E-state index in [4.69, 9.17) is 14.7 Å².